The van der Waals surface area contributed by atoms with Crippen molar-refractivity contribution in [1.82, 2.24) is 9.78 Å². The van der Waals surface area contributed by atoms with Crippen LogP contribution in [0.4, 0.5) is 5.69 Å². The lowest BCUT2D eigenvalue weighted by Gasteiger charge is -2.01. The molecule has 2 aromatic rings. The largest absolute Gasteiger partial charge is 0.396 e. The fourth-order valence-corrected chi connectivity index (χ4v) is 2.04. The van der Waals surface area contributed by atoms with Gasteiger partial charge in [0, 0.05) is 18.3 Å². The molecule has 0 radical (unpaired) electrons. The third-order valence-electron chi connectivity index (χ3n) is 2.72. The number of halogens is 2. The van der Waals surface area contributed by atoms with E-state index in [2.05, 4.69) is 12.0 Å². The molecule has 0 saturated carbocycles. The molecule has 1 aromatic heterocycles. The molecular formula is C13H15Cl2N3. The summed E-state index contributed by atoms with van der Waals surface area (Å²) in [4.78, 5) is 0. The van der Waals surface area contributed by atoms with E-state index in [1.807, 2.05) is 16.9 Å². The van der Waals surface area contributed by atoms with Gasteiger partial charge in [0.15, 0.2) is 0 Å². The van der Waals surface area contributed by atoms with E-state index in [4.69, 9.17) is 28.9 Å². The number of hydrogen-bond acceptors (Lipinski definition) is 2. The van der Waals surface area contributed by atoms with E-state index < -0.39 is 0 Å². The third-order valence-corrected chi connectivity index (χ3v) is 3.46. The van der Waals surface area contributed by atoms with Crippen molar-refractivity contribution in [1.29, 1.82) is 0 Å². The molecule has 96 valence electrons. The molecule has 18 heavy (non-hydrogen) atoms. The molecule has 0 amide bonds. The average molecular weight is 284 g/mol. The molecule has 2 rings (SSSR count). The Bertz CT molecular complexity index is 549. The van der Waals surface area contributed by atoms with Crippen molar-refractivity contribution in [3.8, 4) is 11.3 Å². The van der Waals surface area contributed by atoms with Crippen molar-refractivity contribution < 1.29 is 0 Å². The normalized spacial score (nSPS) is 10.8. The summed E-state index contributed by atoms with van der Waals surface area (Å²) in [5.74, 6) is 0. The van der Waals surface area contributed by atoms with Crippen molar-refractivity contribution in [2.75, 3.05) is 5.73 Å². The number of nitrogens with zero attached hydrogens (tertiary/aromatic N) is 2. The Balaban J connectivity index is 2.32. The van der Waals surface area contributed by atoms with Crippen LogP contribution >= 0.6 is 23.2 Å². The molecule has 0 fully saturated rings. The topological polar surface area (TPSA) is 43.8 Å². The molecule has 5 heteroatoms. The lowest BCUT2D eigenvalue weighted by molar-refractivity contribution is 0.573. The van der Waals surface area contributed by atoms with E-state index in [0.717, 1.165) is 30.6 Å². The zero-order valence-corrected chi connectivity index (χ0v) is 11.7. The number of benzene rings is 1. The molecule has 0 saturated heterocycles. The fourth-order valence-electron chi connectivity index (χ4n) is 1.74. The van der Waals surface area contributed by atoms with Crippen LogP contribution in [0.25, 0.3) is 11.3 Å². The standard InChI is InChI=1S/C13H15Cl2N3/c1-2-3-6-18-8-12(16)13(17-18)9-4-5-10(14)11(15)7-9/h4-5,7-8H,2-3,6,16H2,1H3. The monoisotopic (exact) mass is 283 g/mol. The molecule has 2 N–H and O–H groups in total. The van der Waals surface area contributed by atoms with Crippen LogP contribution < -0.4 is 5.73 Å². The summed E-state index contributed by atoms with van der Waals surface area (Å²) >= 11 is 11.9. The van der Waals surface area contributed by atoms with Gasteiger partial charge >= 0.3 is 0 Å². The quantitative estimate of drug-likeness (QED) is 0.912. The first-order chi connectivity index (χ1) is 8.61. The Morgan fingerprint density at radius 2 is 2.06 bits per heavy atom. The van der Waals surface area contributed by atoms with Crippen LogP contribution in [-0.2, 0) is 6.54 Å². The molecular weight excluding hydrogens is 269 g/mol. The summed E-state index contributed by atoms with van der Waals surface area (Å²) in [6.45, 7) is 3.02. The summed E-state index contributed by atoms with van der Waals surface area (Å²) in [6.07, 6.45) is 4.07. The van der Waals surface area contributed by atoms with Gasteiger partial charge in [0.2, 0.25) is 0 Å². The number of aryl methyl sites for hydroxylation is 1. The maximum absolute atomic E-state index is 6.00. The molecule has 0 atom stereocenters. The van der Waals surface area contributed by atoms with Gasteiger partial charge in [-0.05, 0) is 18.6 Å². The van der Waals surface area contributed by atoms with E-state index in [1.54, 1.807) is 12.1 Å². The summed E-state index contributed by atoms with van der Waals surface area (Å²) in [7, 11) is 0. The maximum Gasteiger partial charge on any atom is 0.115 e. The molecule has 0 aliphatic carbocycles. The SMILES string of the molecule is CCCCn1cc(N)c(-c2ccc(Cl)c(Cl)c2)n1. The van der Waals surface area contributed by atoms with Crippen molar-refractivity contribution in [3.63, 3.8) is 0 Å². The molecule has 0 aliphatic heterocycles. The van der Waals surface area contributed by atoms with Crippen molar-refractivity contribution in [3.05, 3.63) is 34.4 Å². The van der Waals surface area contributed by atoms with Crippen LogP contribution in [0, 0.1) is 0 Å². The van der Waals surface area contributed by atoms with E-state index in [1.165, 1.54) is 0 Å². The smallest absolute Gasteiger partial charge is 0.115 e. The number of nitrogens with two attached hydrogens (primary N) is 1. The summed E-state index contributed by atoms with van der Waals surface area (Å²) in [5.41, 5.74) is 8.27. The minimum absolute atomic E-state index is 0.511. The number of unbranched alkanes of at least 4 members (excludes halogenated alkanes) is 1. The second kappa shape index (κ2) is 5.63. The minimum atomic E-state index is 0.511. The Morgan fingerprint density at radius 1 is 1.28 bits per heavy atom. The number of hydrogen-bond donors (Lipinski definition) is 1. The van der Waals surface area contributed by atoms with Gasteiger partial charge in [-0.2, -0.15) is 5.10 Å². The summed E-state index contributed by atoms with van der Waals surface area (Å²) in [6, 6.07) is 5.41. The highest BCUT2D eigenvalue weighted by Gasteiger charge is 2.10. The summed E-state index contributed by atoms with van der Waals surface area (Å²) < 4.78 is 1.87. The first-order valence-electron chi connectivity index (χ1n) is 5.90. The third kappa shape index (κ3) is 2.79. The van der Waals surface area contributed by atoms with Gasteiger partial charge in [-0.25, -0.2) is 0 Å². The Hall–Kier alpha value is -1.19. The lowest BCUT2D eigenvalue weighted by atomic mass is 10.1. The van der Waals surface area contributed by atoms with Crippen LogP contribution in [0.5, 0.6) is 0 Å². The predicted molar refractivity (Wildman–Crippen MR) is 77.0 cm³/mol. The van der Waals surface area contributed by atoms with Gasteiger partial charge < -0.3 is 5.73 Å². The Labute approximate surface area is 117 Å². The average Bonchev–Trinajstić information content (AvgIpc) is 2.71. The highest BCUT2D eigenvalue weighted by atomic mass is 35.5. The Kier molecular flexibility index (Phi) is 4.15. The second-order valence-corrected chi connectivity index (χ2v) is 4.99. The molecule has 1 heterocycles. The molecule has 3 nitrogen and oxygen atoms in total. The van der Waals surface area contributed by atoms with Gasteiger partial charge in [-0.15, -0.1) is 0 Å². The van der Waals surface area contributed by atoms with E-state index in [9.17, 15) is 0 Å². The van der Waals surface area contributed by atoms with Gasteiger partial charge in [-0.3, -0.25) is 4.68 Å². The summed E-state index contributed by atoms with van der Waals surface area (Å²) in [5, 5.41) is 5.52. The Morgan fingerprint density at radius 3 is 2.72 bits per heavy atom. The molecule has 1 aromatic carbocycles. The van der Waals surface area contributed by atoms with E-state index in [-0.39, 0.29) is 0 Å². The maximum atomic E-state index is 6.00. The van der Waals surface area contributed by atoms with Gasteiger partial charge in [0.05, 0.1) is 15.7 Å². The number of nitrogen functional groups attached to an aromatic ring is 1. The first kappa shape index (κ1) is 13.2. The van der Waals surface area contributed by atoms with Crippen LogP contribution in [0.3, 0.4) is 0 Å². The lowest BCUT2D eigenvalue weighted by Crippen LogP contribution is -1.97. The van der Waals surface area contributed by atoms with Gasteiger partial charge in [-0.1, -0.05) is 42.6 Å². The van der Waals surface area contributed by atoms with Gasteiger partial charge in [0.25, 0.3) is 0 Å². The predicted octanol–water partition coefficient (Wildman–Crippen LogP) is 4.24. The van der Waals surface area contributed by atoms with Crippen molar-refractivity contribution >= 4 is 28.9 Å². The fraction of sp³-hybridized carbons (Fsp3) is 0.308. The van der Waals surface area contributed by atoms with E-state index in [0.29, 0.717) is 15.7 Å². The molecule has 0 unspecified atom stereocenters. The number of rotatable bonds is 4. The molecule has 0 aliphatic rings. The van der Waals surface area contributed by atoms with E-state index >= 15 is 0 Å². The zero-order chi connectivity index (χ0) is 13.1. The first-order valence-corrected chi connectivity index (χ1v) is 6.65. The van der Waals surface area contributed by atoms with Crippen LogP contribution in [0.1, 0.15) is 19.8 Å². The van der Waals surface area contributed by atoms with Crippen LogP contribution in [0.2, 0.25) is 10.0 Å². The number of anilines is 1. The second-order valence-electron chi connectivity index (χ2n) is 4.18. The molecule has 0 bridgehead atoms. The highest BCUT2D eigenvalue weighted by molar-refractivity contribution is 6.42. The van der Waals surface area contributed by atoms with Gasteiger partial charge in [0.1, 0.15) is 5.69 Å². The van der Waals surface area contributed by atoms with Crippen molar-refractivity contribution in [2.24, 2.45) is 0 Å². The van der Waals surface area contributed by atoms with Crippen molar-refractivity contribution in [2.45, 2.75) is 26.3 Å². The van der Waals surface area contributed by atoms with Crippen LogP contribution in [0.15, 0.2) is 24.4 Å². The molecule has 0 spiro atoms. The zero-order valence-electron chi connectivity index (χ0n) is 10.2. The number of aromatic nitrogens is 2. The highest BCUT2D eigenvalue weighted by Crippen LogP contribution is 2.30. The minimum Gasteiger partial charge on any atom is -0.396 e. The van der Waals surface area contributed by atoms with Crippen LogP contribution in [-0.4, -0.2) is 9.78 Å².